The van der Waals surface area contributed by atoms with Crippen LogP contribution in [0.2, 0.25) is 0 Å². The second-order valence-electron chi connectivity index (χ2n) is 6.61. The maximum absolute atomic E-state index is 12.3. The summed E-state index contributed by atoms with van der Waals surface area (Å²) in [5.74, 6) is 2.10. The van der Waals surface area contributed by atoms with Crippen molar-refractivity contribution in [2.45, 2.75) is 18.8 Å². The molecule has 1 saturated heterocycles. The predicted molar refractivity (Wildman–Crippen MR) is 97.9 cm³/mol. The van der Waals surface area contributed by atoms with Crippen molar-refractivity contribution in [3.63, 3.8) is 0 Å². The fraction of sp³-hybridized carbons (Fsp3) is 0.471. The first-order chi connectivity index (χ1) is 12.9. The summed E-state index contributed by atoms with van der Waals surface area (Å²) in [6, 6.07) is 5.68. The number of hydrogen-bond donors (Lipinski definition) is 1. The Morgan fingerprint density at radius 1 is 1.33 bits per heavy atom. The molecule has 1 aromatic carbocycles. The number of carbonyl (C=O) groups is 1. The molecule has 3 rings (SSSR count). The number of carbonyl (C=O) groups excluding carboxylic acids is 1. The lowest BCUT2D eigenvalue weighted by Gasteiger charge is -2.30. The number of nitro groups is 1. The molecule has 10 nitrogen and oxygen atoms in total. The van der Waals surface area contributed by atoms with Crippen LogP contribution in [-0.4, -0.2) is 64.7 Å². The van der Waals surface area contributed by atoms with Gasteiger partial charge >= 0.3 is 0 Å². The molecule has 1 aromatic heterocycles. The number of amides is 1. The van der Waals surface area contributed by atoms with Crippen molar-refractivity contribution >= 4 is 17.5 Å². The first kappa shape index (κ1) is 18.6. The summed E-state index contributed by atoms with van der Waals surface area (Å²) in [5, 5.41) is 17.8. The highest BCUT2D eigenvalue weighted by molar-refractivity contribution is 5.77. The van der Waals surface area contributed by atoms with E-state index in [9.17, 15) is 14.9 Å². The van der Waals surface area contributed by atoms with Gasteiger partial charge in [-0.1, -0.05) is 0 Å². The van der Waals surface area contributed by atoms with E-state index in [-0.39, 0.29) is 24.1 Å². The number of anilines is 1. The minimum atomic E-state index is -0.477. The van der Waals surface area contributed by atoms with E-state index in [0.29, 0.717) is 24.8 Å². The summed E-state index contributed by atoms with van der Waals surface area (Å²) in [4.78, 5) is 30.6. The summed E-state index contributed by atoms with van der Waals surface area (Å²) in [6.45, 7) is 1.17. The molecule has 10 heteroatoms. The van der Waals surface area contributed by atoms with Crippen molar-refractivity contribution in [1.82, 2.24) is 20.1 Å². The number of nitrogens with zero attached hydrogens (tertiary/aromatic N) is 5. The topological polar surface area (TPSA) is 117 Å². The van der Waals surface area contributed by atoms with Gasteiger partial charge in [-0.15, -0.1) is 5.10 Å². The number of non-ortho nitro benzene ring substituents is 1. The van der Waals surface area contributed by atoms with Gasteiger partial charge in [-0.3, -0.25) is 20.0 Å². The quantitative estimate of drug-likeness (QED) is 0.602. The Labute approximate surface area is 156 Å². The monoisotopic (exact) mass is 374 g/mol. The van der Waals surface area contributed by atoms with Gasteiger partial charge < -0.3 is 14.5 Å². The molecule has 1 N–H and O–H groups in total. The summed E-state index contributed by atoms with van der Waals surface area (Å²) in [7, 11) is 3.78. The van der Waals surface area contributed by atoms with E-state index in [1.807, 2.05) is 19.0 Å². The standard InChI is InChI=1S/C17H22N6O4/c1-21(2)17-18-16(19-20-17)12-7-9-22(10-8-12)15(24)11-27-14-5-3-13(4-6-14)23(25)26/h3-6,12H,7-11H2,1-2H3,(H,18,19,20). The van der Waals surface area contributed by atoms with Gasteiger partial charge in [0.15, 0.2) is 6.61 Å². The molecule has 0 atom stereocenters. The highest BCUT2D eigenvalue weighted by Crippen LogP contribution is 2.26. The number of rotatable bonds is 6. The second-order valence-corrected chi connectivity index (χ2v) is 6.61. The summed E-state index contributed by atoms with van der Waals surface area (Å²) in [5.41, 5.74) is -0.0133. The number of aromatic nitrogens is 3. The third-order valence-corrected chi connectivity index (χ3v) is 4.54. The van der Waals surface area contributed by atoms with Gasteiger partial charge in [0.25, 0.3) is 11.6 Å². The van der Waals surface area contributed by atoms with Crippen molar-refractivity contribution in [3.05, 3.63) is 40.2 Å². The van der Waals surface area contributed by atoms with Crippen LogP contribution in [0.25, 0.3) is 0 Å². The van der Waals surface area contributed by atoms with E-state index in [1.54, 1.807) is 4.90 Å². The Morgan fingerprint density at radius 2 is 2.00 bits per heavy atom. The van der Waals surface area contributed by atoms with E-state index < -0.39 is 4.92 Å². The molecule has 27 heavy (non-hydrogen) atoms. The fourth-order valence-corrected chi connectivity index (χ4v) is 2.95. The number of benzene rings is 1. The van der Waals surface area contributed by atoms with Crippen LogP contribution in [0.3, 0.4) is 0 Å². The highest BCUT2D eigenvalue weighted by Gasteiger charge is 2.26. The van der Waals surface area contributed by atoms with Crippen LogP contribution in [0.1, 0.15) is 24.6 Å². The SMILES string of the molecule is CN(C)c1n[nH]c(C2CCN(C(=O)COc3ccc([N+](=O)[O-])cc3)CC2)n1. The summed E-state index contributed by atoms with van der Waals surface area (Å²) < 4.78 is 5.45. The molecule has 1 aliphatic heterocycles. The molecule has 0 bridgehead atoms. The largest absolute Gasteiger partial charge is 0.484 e. The van der Waals surface area contributed by atoms with Gasteiger partial charge in [-0.05, 0) is 25.0 Å². The normalized spacial score (nSPS) is 14.8. The number of piperidine rings is 1. The lowest BCUT2D eigenvalue weighted by atomic mass is 9.96. The Morgan fingerprint density at radius 3 is 2.56 bits per heavy atom. The molecule has 1 fully saturated rings. The van der Waals surface area contributed by atoms with Gasteiger partial charge in [0.1, 0.15) is 11.6 Å². The van der Waals surface area contributed by atoms with Crippen LogP contribution in [0.4, 0.5) is 11.6 Å². The molecule has 1 amide bonds. The first-order valence-electron chi connectivity index (χ1n) is 8.68. The Kier molecular flexibility index (Phi) is 5.53. The zero-order valence-corrected chi connectivity index (χ0v) is 15.3. The van der Waals surface area contributed by atoms with Gasteiger partial charge in [0, 0.05) is 45.2 Å². The summed E-state index contributed by atoms with van der Waals surface area (Å²) in [6.07, 6.45) is 1.62. The maximum Gasteiger partial charge on any atom is 0.269 e. The first-order valence-corrected chi connectivity index (χ1v) is 8.68. The van der Waals surface area contributed by atoms with E-state index in [4.69, 9.17) is 4.74 Å². The lowest BCUT2D eigenvalue weighted by molar-refractivity contribution is -0.384. The molecule has 0 radical (unpaired) electrons. The Balaban J connectivity index is 1.47. The van der Waals surface area contributed by atoms with Crippen LogP contribution in [0.5, 0.6) is 5.75 Å². The molecule has 0 aliphatic carbocycles. The van der Waals surface area contributed by atoms with Gasteiger partial charge in [0.2, 0.25) is 5.95 Å². The van der Waals surface area contributed by atoms with Crippen molar-refractivity contribution in [2.75, 3.05) is 38.7 Å². The van der Waals surface area contributed by atoms with E-state index in [2.05, 4.69) is 15.2 Å². The lowest BCUT2D eigenvalue weighted by Crippen LogP contribution is -2.40. The van der Waals surface area contributed by atoms with Gasteiger partial charge in [0.05, 0.1) is 4.92 Å². The number of H-pyrrole nitrogens is 1. The molecule has 0 saturated carbocycles. The molecule has 2 aromatic rings. The molecular weight excluding hydrogens is 352 g/mol. The Bertz CT molecular complexity index is 796. The van der Waals surface area contributed by atoms with Crippen molar-refractivity contribution in [1.29, 1.82) is 0 Å². The number of aromatic amines is 1. The van der Waals surface area contributed by atoms with Crippen molar-refractivity contribution in [3.8, 4) is 5.75 Å². The molecule has 0 spiro atoms. The average Bonchev–Trinajstić information content (AvgIpc) is 3.17. The zero-order valence-electron chi connectivity index (χ0n) is 15.3. The average molecular weight is 374 g/mol. The fourth-order valence-electron chi connectivity index (χ4n) is 2.95. The second kappa shape index (κ2) is 8.02. The minimum absolute atomic E-state index is 0.0133. The van der Waals surface area contributed by atoms with Gasteiger partial charge in [-0.2, -0.15) is 4.98 Å². The minimum Gasteiger partial charge on any atom is -0.484 e. The predicted octanol–water partition coefficient (Wildman–Crippen LogP) is 1.56. The summed E-state index contributed by atoms with van der Waals surface area (Å²) >= 11 is 0. The van der Waals surface area contributed by atoms with Crippen LogP contribution >= 0.6 is 0 Å². The number of nitrogens with one attached hydrogen (secondary N) is 1. The number of ether oxygens (including phenoxy) is 1. The molecular formula is C17H22N6O4. The highest BCUT2D eigenvalue weighted by atomic mass is 16.6. The van der Waals surface area contributed by atoms with Crippen LogP contribution in [-0.2, 0) is 4.79 Å². The van der Waals surface area contributed by atoms with E-state index >= 15 is 0 Å². The van der Waals surface area contributed by atoms with Crippen molar-refractivity contribution < 1.29 is 14.5 Å². The van der Waals surface area contributed by atoms with E-state index in [1.165, 1.54) is 24.3 Å². The molecule has 1 aliphatic rings. The van der Waals surface area contributed by atoms with E-state index in [0.717, 1.165) is 18.7 Å². The maximum atomic E-state index is 12.3. The number of likely N-dealkylation sites (tertiary alicyclic amines) is 1. The number of hydrogen-bond acceptors (Lipinski definition) is 7. The molecule has 2 heterocycles. The molecule has 0 unspecified atom stereocenters. The molecule has 144 valence electrons. The smallest absolute Gasteiger partial charge is 0.269 e. The van der Waals surface area contributed by atoms with Crippen LogP contribution in [0.15, 0.2) is 24.3 Å². The zero-order chi connectivity index (χ0) is 19.4. The third kappa shape index (κ3) is 4.52. The third-order valence-electron chi connectivity index (χ3n) is 4.54. The van der Waals surface area contributed by atoms with Crippen molar-refractivity contribution in [2.24, 2.45) is 0 Å². The van der Waals surface area contributed by atoms with Gasteiger partial charge in [-0.25, -0.2) is 0 Å². The Hall–Kier alpha value is -3.17. The number of nitro benzene ring substituents is 1. The van der Waals surface area contributed by atoms with Crippen LogP contribution in [0, 0.1) is 10.1 Å². The van der Waals surface area contributed by atoms with Crippen LogP contribution < -0.4 is 9.64 Å².